The number of anilines is 2. The van der Waals surface area contributed by atoms with Crippen molar-refractivity contribution in [3.8, 4) is 11.4 Å². The number of aliphatic imine (C=N–C) groups is 1. The molecule has 1 saturated heterocycles. The zero-order valence-corrected chi connectivity index (χ0v) is 25.2. The molecule has 9 nitrogen and oxygen atoms in total. The maximum absolute atomic E-state index is 15.0. The molecule has 1 fully saturated rings. The minimum Gasteiger partial charge on any atom is -0.406 e. The average Bonchev–Trinajstić information content (AvgIpc) is 3.60. The minimum absolute atomic E-state index is 0.0408. The number of carbonyl (C=O) groups is 1. The Morgan fingerprint density at radius 1 is 1.09 bits per heavy atom. The number of nitrogens with one attached hydrogen (secondary N) is 1. The lowest BCUT2D eigenvalue weighted by molar-refractivity contribution is -0.274. The van der Waals surface area contributed by atoms with Crippen molar-refractivity contribution < 1.29 is 32.2 Å². The van der Waals surface area contributed by atoms with Crippen LogP contribution in [0.15, 0.2) is 72.0 Å². The van der Waals surface area contributed by atoms with E-state index in [0.717, 1.165) is 29.7 Å². The summed E-state index contributed by atoms with van der Waals surface area (Å²) in [5.74, 6) is -0.433. The molecule has 1 aromatic heterocycles. The number of amides is 1. The van der Waals surface area contributed by atoms with Crippen molar-refractivity contribution in [1.82, 2.24) is 14.8 Å². The van der Waals surface area contributed by atoms with Gasteiger partial charge in [-0.1, -0.05) is 43.3 Å². The lowest BCUT2D eigenvalue weighted by Gasteiger charge is -2.21. The molecule has 1 atom stereocenters. The van der Waals surface area contributed by atoms with Crippen molar-refractivity contribution in [1.29, 1.82) is 0 Å². The highest BCUT2D eigenvalue weighted by molar-refractivity contribution is 8.15. The van der Waals surface area contributed by atoms with Crippen molar-refractivity contribution >= 4 is 34.2 Å². The Morgan fingerprint density at radius 2 is 1.87 bits per heavy atom. The Morgan fingerprint density at radius 3 is 2.58 bits per heavy atom. The van der Waals surface area contributed by atoms with E-state index in [0.29, 0.717) is 35.1 Å². The van der Waals surface area contributed by atoms with Gasteiger partial charge in [-0.2, -0.15) is 5.10 Å². The number of hydrogen-bond donors (Lipinski definition) is 2. The molecule has 0 saturated carbocycles. The van der Waals surface area contributed by atoms with Crippen LogP contribution in [0.5, 0.6) is 5.75 Å². The summed E-state index contributed by atoms with van der Waals surface area (Å²) in [6.45, 7) is 4.00. The summed E-state index contributed by atoms with van der Waals surface area (Å²) >= 11 is 1.21. The van der Waals surface area contributed by atoms with E-state index in [1.165, 1.54) is 64.1 Å². The minimum atomic E-state index is -4.78. The largest absolute Gasteiger partial charge is 0.573 e. The summed E-state index contributed by atoms with van der Waals surface area (Å²) in [6.07, 6.45) is -2.36. The van der Waals surface area contributed by atoms with E-state index >= 15 is 0 Å². The molecule has 1 amide bonds. The Balaban J connectivity index is 1.20. The highest BCUT2D eigenvalue weighted by Gasteiger charge is 2.32. The van der Waals surface area contributed by atoms with Gasteiger partial charge in [0.15, 0.2) is 11.0 Å². The van der Waals surface area contributed by atoms with Gasteiger partial charge in [0, 0.05) is 6.42 Å². The van der Waals surface area contributed by atoms with Crippen LogP contribution in [0.2, 0.25) is 0 Å². The molecule has 1 aliphatic rings. The number of hydrogen-bond acceptors (Lipinski definition) is 8. The fourth-order valence-electron chi connectivity index (χ4n) is 4.76. The van der Waals surface area contributed by atoms with Crippen LogP contribution >= 0.6 is 11.8 Å². The standard InChI is InChI=1S/C31H30F4N6O3S/c1-3-4-21-8-5-19(2)15-26(21)41-28(42)17-45-30(41)38-29(43)37-25-13-6-20(16-24(25)32)7-14-27-36-18-40(39-27)22-9-11-23(12-10-22)44-31(33,34)35/h5-6,8-13,15-16,18,29,37,43H,3-4,7,14,17H2,1-2H3. The number of aliphatic hydroxyl groups is 1. The van der Waals surface area contributed by atoms with Gasteiger partial charge in [-0.25, -0.2) is 19.0 Å². The highest BCUT2D eigenvalue weighted by Crippen LogP contribution is 2.32. The van der Waals surface area contributed by atoms with E-state index in [1.54, 1.807) is 6.07 Å². The molecule has 0 bridgehead atoms. The second-order valence-corrected chi connectivity index (χ2v) is 11.2. The van der Waals surface area contributed by atoms with Gasteiger partial charge in [0.25, 0.3) is 0 Å². The predicted octanol–water partition coefficient (Wildman–Crippen LogP) is 6.17. The van der Waals surface area contributed by atoms with E-state index < -0.39 is 18.5 Å². The number of amidine groups is 1. The van der Waals surface area contributed by atoms with Crippen LogP contribution in [0.3, 0.4) is 0 Å². The maximum atomic E-state index is 15.0. The Hall–Kier alpha value is -4.43. The Bertz CT molecular complexity index is 1690. The van der Waals surface area contributed by atoms with Gasteiger partial charge >= 0.3 is 6.36 Å². The second-order valence-electron chi connectivity index (χ2n) is 10.3. The predicted molar refractivity (Wildman–Crippen MR) is 164 cm³/mol. The van der Waals surface area contributed by atoms with E-state index in [1.807, 2.05) is 25.1 Å². The molecule has 0 spiro atoms. The highest BCUT2D eigenvalue weighted by atomic mass is 32.2. The molecule has 236 valence electrons. The number of alkyl halides is 3. The summed E-state index contributed by atoms with van der Waals surface area (Å²) in [5, 5.41) is 18.0. The van der Waals surface area contributed by atoms with Gasteiger partial charge in [-0.05, 0) is 78.9 Å². The average molecular weight is 643 g/mol. The molecular formula is C31H30F4N6O3S. The molecule has 2 N–H and O–H groups in total. The fraction of sp³-hybridized carbons (Fsp3) is 0.290. The van der Waals surface area contributed by atoms with Crippen LogP contribution in [-0.2, 0) is 24.1 Å². The van der Waals surface area contributed by atoms with Crippen molar-refractivity contribution in [3.63, 3.8) is 0 Å². The van der Waals surface area contributed by atoms with Gasteiger partial charge < -0.3 is 15.2 Å². The number of aromatic nitrogens is 3. The van der Waals surface area contributed by atoms with Crippen LogP contribution in [0.25, 0.3) is 5.69 Å². The fourth-order valence-corrected chi connectivity index (χ4v) is 5.64. The Kier molecular flexibility index (Phi) is 9.73. The van der Waals surface area contributed by atoms with Crippen LogP contribution in [-0.4, -0.2) is 49.4 Å². The summed E-state index contributed by atoms with van der Waals surface area (Å²) < 4.78 is 57.4. The number of benzene rings is 3. The van der Waals surface area contributed by atoms with Crippen LogP contribution in [0.1, 0.15) is 35.9 Å². The van der Waals surface area contributed by atoms with E-state index in [4.69, 9.17) is 0 Å². The third kappa shape index (κ3) is 8.19. The van der Waals surface area contributed by atoms with Crippen molar-refractivity contribution in [2.45, 2.75) is 52.2 Å². The summed E-state index contributed by atoms with van der Waals surface area (Å²) in [4.78, 5) is 22.8. The van der Waals surface area contributed by atoms with Gasteiger partial charge in [0.05, 0.1) is 22.8 Å². The van der Waals surface area contributed by atoms with E-state index in [9.17, 15) is 27.5 Å². The molecule has 0 aliphatic carbocycles. The summed E-state index contributed by atoms with van der Waals surface area (Å²) in [5.41, 5.74) is 3.93. The molecule has 4 aromatic rings. The first kappa shape index (κ1) is 32.0. The zero-order chi connectivity index (χ0) is 32.1. The van der Waals surface area contributed by atoms with Crippen molar-refractivity contribution in [3.05, 3.63) is 95.3 Å². The second kappa shape index (κ2) is 13.7. The van der Waals surface area contributed by atoms with Crippen LogP contribution < -0.4 is 15.0 Å². The van der Waals surface area contributed by atoms with Crippen LogP contribution in [0, 0.1) is 12.7 Å². The molecule has 14 heteroatoms. The number of carbonyl (C=O) groups excluding carboxylic acids is 1. The molecule has 45 heavy (non-hydrogen) atoms. The summed E-state index contributed by atoms with van der Waals surface area (Å²) in [6, 6.07) is 15.7. The van der Waals surface area contributed by atoms with Gasteiger partial charge in [0.1, 0.15) is 17.9 Å². The lowest BCUT2D eigenvalue weighted by Crippen LogP contribution is -2.32. The molecule has 1 unspecified atom stereocenters. The molecule has 0 radical (unpaired) electrons. The molecule has 5 rings (SSSR count). The monoisotopic (exact) mass is 642 g/mol. The van der Waals surface area contributed by atoms with Gasteiger partial charge in [-0.3, -0.25) is 9.69 Å². The molecule has 3 aromatic carbocycles. The first-order valence-corrected chi connectivity index (χ1v) is 15.1. The van der Waals surface area contributed by atoms with E-state index in [-0.39, 0.29) is 23.1 Å². The van der Waals surface area contributed by atoms with Crippen molar-refractivity contribution in [2.75, 3.05) is 16.0 Å². The Labute approximate surface area is 260 Å². The third-order valence-corrected chi connectivity index (χ3v) is 7.77. The topological polar surface area (TPSA) is 105 Å². The number of rotatable bonds is 11. The maximum Gasteiger partial charge on any atom is 0.573 e. The van der Waals surface area contributed by atoms with Crippen molar-refractivity contribution in [2.24, 2.45) is 4.99 Å². The number of halogens is 4. The first-order valence-electron chi connectivity index (χ1n) is 14.1. The van der Waals surface area contributed by atoms with Gasteiger partial charge in [0.2, 0.25) is 12.3 Å². The number of nitrogens with zero attached hydrogens (tertiary/aromatic N) is 5. The molecular weight excluding hydrogens is 612 g/mol. The normalized spacial score (nSPS) is 15.1. The number of thioether (sulfide) groups is 1. The van der Waals surface area contributed by atoms with E-state index in [2.05, 4.69) is 32.1 Å². The third-order valence-electron chi connectivity index (χ3n) is 6.83. The lowest BCUT2D eigenvalue weighted by atomic mass is 10.0. The first-order chi connectivity index (χ1) is 21.5. The number of ether oxygens (including phenoxy) is 1. The zero-order valence-electron chi connectivity index (χ0n) is 24.4. The smallest absolute Gasteiger partial charge is 0.406 e. The molecule has 1 aliphatic heterocycles. The number of aryl methyl sites for hydroxylation is 4. The van der Waals surface area contributed by atoms with Gasteiger partial charge in [-0.15, -0.1) is 13.2 Å². The molecule has 2 heterocycles. The quantitative estimate of drug-likeness (QED) is 0.149. The van der Waals surface area contributed by atoms with Crippen LogP contribution in [0.4, 0.5) is 28.9 Å². The SMILES string of the molecule is CCCc1ccc(C)cc1N1C(=O)CSC1=NC(O)Nc1ccc(CCc2ncn(-c3ccc(OC(F)(F)F)cc3)n2)cc1F. The summed E-state index contributed by atoms with van der Waals surface area (Å²) in [7, 11) is 0. The number of aliphatic hydroxyl groups excluding tert-OH is 1.